The summed E-state index contributed by atoms with van der Waals surface area (Å²) in [5, 5.41) is 9.79. The largest absolute Gasteiger partial charge is 0.392 e. The quantitative estimate of drug-likeness (QED) is 0.543. The van der Waals surface area contributed by atoms with E-state index in [1.807, 2.05) is 18.2 Å². The van der Waals surface area contributed by atoms with Gasteiger partial charge in [0.2, 0.25) is 0 Å². The normalized spacial score (nSPS) is 12.6. The third-order valence-electron chi connectivity index (χ3n) is 2.58. The van der Waals surface area contributed by atoms with Crippen molar-refractivity contribution in [3.8, 4) is 0 Å². The van der Waals surface area contributed by atoms with Gasteiger partial charge in [-0.15, -0.1) is 11.8 Å². The van der Waals surface area contributed by atoms with Gasteiger partial charge in [-0.2, -0.15) is 0 Å². The predicted molar refractivity (Wildman–Crippen MR) is 71.9 cm³/mol. The van der Waals surface area contributed by atoms with Gasteiger partial charge in [0.1, 0.15) is 0 Å². The summed E-state index contributed by atoms with van der Waals surface area (Å²) in [6, 6.07) is 10.3. The van der Waals surface area contributed by atoms with Crippen LogP contribution in [-0.2, 0) is 0 Å². The van der Waals surface area contributed by atoms with E-state index in [1.54, 1.807) is 11.8 Å². The molecule has 16 heavy (non-hydrogen) atoms. The SMILES string of the molecule is CCCCCC[C@@H](O)CSc1ccccc1. The second kappa shape index (κ2) is 8.66. The van der Waals surface area contributed by atoms with E-state index in [4.69, 9.17) is 0 Å². The van der Waals surface area contributed by atoms with E-state index >= 15 is 0 Å². The fourth-order valence-corrected chi connectivity index (χ4v) is 2.50. The smallest absolute Gasteiger partial charge is 0.0634 e. The average molecular weight is 238 g/mol. The van der Waals surface area contributed by atoms with Gasteiger partial charge in [-0.25, -0.2) is 0 Å². The Morgan fingerprint density at radius 3 is 2.56 bits per heavy atom. The van der Waals surface area contributed by atoms with E-state index in [0.717, 1.165) is 18.6 Å². The van der Waals surface area contributed by atoms with Crippen molar-refractivity contribution in [1.29, 1.82) is 0 Å². The van der Waals surface area contributed by atoms with E-state index in [-0.39, 0.29) is 6.10 Å². The highest BCUT2D eigenvalue weighted by Gasteiger charge is 2.04. The molecular formula is C14H22OS. The van der Waals surface area contributed by atoms with Crippen molar-refractivity contribution in [2.45, 2.75) is 50.0 Å². The predicted octanol–water partition coefficient (Wildman–Crippen LogP) is 4.11. The Hall–Kier alpha value is -0.470. The highest BCUT2D eigenvalue weighted by molar-refractivity contribution is 7.99. The van der Waals surface area contributed by atoms with Crippen LogP contribution in [0, 0.1) is 0 Å². The van der Waals surface area contributed by atoms with Crippen LogP contribution >= 0.6 is 11.8 Å². The summed E-state index contributed by atoms with van der Waals surface area (Å²) in [5.74, 6) is 0.816. The molecule has 1 aromatic carbocycles. The minimum atomic E-state index is -0.151. The average Bonchev–Trinajstić information content (AvgIpc) is 2.33. The van der Waals surface area contributed by atoms with E-state index < -0.39 is 0 Å². The Morgan fingerprint density at radius 1 is 1.12 bits per heavy atom. The number of thioether (sulfide) groups is 1. The molecule has 0 heterocycles. The summed E-state index contributed by atoms with van der Waals surface area (Å²) in [6.07, 6.45) is 5.75. The molecule has 90 valence electrons. The topological polar surface area (TPSA) is 20.2 Å². The van der Waals surface area contributed by atoms with E-state index in [1.165, 1.54) is 24.2 Å². The molecule has 0 saturated heterocycles. The molecule has 0 aliphatic heterocycles. The van der Waals surface area contributed by atoms with Crippen molar-refractivity contribution in [3.63, 3.8) is 0 Å². The lowest BCUT2D eigenvalue weighted by Crippen LogP contribution is -2.09. The number of aliphatic hydroxyl groups is 1. The fraction of sp³-hybridized carbons (Fsp3) is 0.571. The maximum atomic E-state index is 9.79. The molecule has 0 bridgehead atoms. The Bertz CT molecular complexity index is 261. The van der Waals surface area contributed by atoms with E-state index in [2.05, 4.69) is 19.1 Å². The second-order valence-corrected chi connectivity index (χ2v) is 5.22. The van der Waals surface area contributed by atoms with Crippen LogP contribution in [0.25, 0.3) is 0 Å². The molecule has 0 aliphatic rings. The summed E-state index contributed by atoms with van der Waals surface area (Å²) >= 11 is 1.74. The van der Waals surface area contributed by atoms with Gasteiger partial charge in [-0.1, -0.05) is 50.8 Å². The van der Waals surface area contributed by atoms with Gasteiger partial charge in [0.05, 0.1) is 6.10 Å². The summed E-state index contributed by atoms with van der Waals surface area (Å²) in [6.45, 7) is 2.21. The van der Waals surface area contributed by atoms with Gasteiger partial charge in [-0.3, -0.25) is 0 Å². The molecule has 0 aromatic heterocycles. The van der Waals surface area contributed by atoms with Crippen LogP contribution < -0.4 is 0 Å². The molecular weight excluding hydrogens is 216 g/mol. The van der Waals surface area contributed by atoms with Crippen molar-refractivity contribution >= 4 is 11.8 Å². The molecule has 1 aromatic rings. The molecule has 1 atom stereocenters. The van der Waals surface area contributed by atoms with Crippen molar-refractivity contribution < 1.29 is 5.11 Å². The first-order valence-electron chi connectivity index (χ1n) is 6.19. The van der Waals surface area contributed by atoms with Crippen LogP contribution in [0.5, 0.6) is 0 Å². The van der Waals surface area contributed by atoms with Crippen LogP contribution in [-0.4, -0.2) is 17.0 Å². The van der Waals surface area contributed by atoms with Crippen molar-refractivity contribution in [1.82, 2.24) is 0 Å². The lowest BCUT2D eigenvalue weighted by Gasteiger charge is -2.09. The van der Waals surface area contributed by atoms with E-state index in [9.17, 15) is 5.11 Å². The first-order valence-corrected chi connectivity index (χ1v) is 7.17. The minimum absolute atomic E-state index is 0.151. The molecule has 2 heteroatoms. The van der Waals surface area contributed by atoms with Gasteiger partial charge in [0.15, 0.2) is 0 Å². The highest BCUT2D eigenvalue weighted by Crippen LogP contribution is 2.19. The fourth-order valence-electron chi connectivity index (χ4n) is 1.60. The summed E-state index contributed by atoms with van der Waals surface area (Å²) < 4.78 is 0. The molecule has 0 saturated carbocycles. The van der Waals surface area contributed by atoms with Crippen LogP contribution in [0.3, 0.4) is 0 Å². The van der Waals surface area contributed by atoms with Crippen molar-refractivity contribution in [2.24, 2.45) is 0 Å². The zero-order valence-corrected chi connectivity index (χ0v) is 10.9. The lowest BCUT2D eigenvalue weighted by atomic mass is 10.1. The van der Waals surface area contributed by atoms with Crippen molar-refractivity contribution in [2.75, 3.05) is 5.75 Å². The number of benzene rings is 1. The Kier molecular flexibility index (Phi) is 7.35. The van der Waals surface area contributed by atoms with Gasteiger partial charge < -0.3 is 5.11 Å². The molecule has 0 radical (unpaired) electrons. The number of hydrogen-bond acceptors (Lipinski definition) is 2. The monoisotopic (exact) mass is 238 g/mol. The Morgan fingerprint density at radius 2 is 1.88 bits per heavy atom. The maximum absolute atomic E-state index is 9.79. The Labute approximate surface area is 103 Å². The molecule has 0 aliphatic carbocycles. The number of unbranched alkanes of at least 4 members (excludes halogenated alkanes) is 3. The van der Waals surface area contributed by atoms with Crippen LogP contribution in [0.2, 0.25) is 0 Å². The maximum Gasteiger partial charge on any atom is 0.0634 e. The first-order chi connectivity index (χ1) is 7.83. The van der Waals surface area contributed by atoms with Crippen molar-refractivity contribution in [3.05, 3.63) is 30.3 Å². The summed E-state index contributed by atoms with van der Waals surface area (Å²) in [5.41, 5.74) is 0. The third kappa shape index (κ3) is 6.19. The molecule has 1 nitrogen and oxygen atoms in total. The highest BCUT2D eigenvalue weighted by atomic mass is 32.2. The zero-order chi connectivity index (χ0) is 11.6. The number of rotatable bonds is 8. The Balaban J connectivity index is 2.08. The molecule has 0 spiro atoms. The van der Waals surface area contributed by atoms with Gasteiger partial charge in [0, 0.05) is 10.6 Å². The van der Waals surface area contributed by atoms with Gasteiger partial charge in [-0.05, 0) is 18.6 Å². The zero-order valence-electron chi connectivity index (χ0n) is 10.1. The summed E-state index contributed by atoms with van der Waals surface area (Å²) in [4.78, 5) is 1.25. The molecule has 0 amide bonds. The molecule has 0 fully saturated rings. The second-order valence-electron chi connectivity index (χ2n) is 4.13. The van der Waals surface area contributed by atoms with E-state index in [0.29, 0.717) is 0 Å². The lowest BCUT2D eigenvalue weighted by molar-refractivity contribution is 0.185. The summed E-state index contributed by atoms with van der Waals surface area (Å²) in [7, 11) is 0. The standard InChI is InChI=1S/C14H22OS/c1-2-3-4-6-9-13(15)12-16-14-10-7-5-8-11-14/h5,7-8,10-11,13,15H,2-4,6,9,12H2,1H3/t13-/m1/s1. The van der Waals surface area contributed by atoms with Gasteiger partial charge in [0.25, 0.3) is 0 Å². The molecule has 1 N–H and O–H groups in total. The molecule has 0 unspecified atom stereocenters. The van der Waals surface area contributed by atoms with Crippen LogP contribution in [0.15, 0.2) is 35.2 Å². The van der Waals surface area contributed by atoms with Crippen LogP contribution in [0.1, 0.15) is 39.0 Å². The number of aliphatic hydroxyl groups excluding tert-OH is 1. The number of hydrogen-bond donors (Lipinski definition) is 1. The third-order valence-corrected chi connectivity index (χ3v) is 3.73. The molecule has 1 rings (SSSR count). The minimum Gasteiger partial charge on any atom is -0.392 e. The first kappa shape index (κ1) is 13.6. The van der Waals surface area contributed by atoms with Crippen LogP contribution in [0.4, 0.5) is 0 Å². The van der Waals surface area contributed by atoms with Gasteiger partial charge >= 0.3 is 0 Å².